The van der Waals surface area contributed by atoms with Gasteiger partial charge in [-0.3, -0.25) is 0 Å². The van der Waals surface area contributed by atoms with Crippen molar-refractivity contribution in [3.63, 3.8) is 0 Å². The van der Waals surface area contributed by atoms with Crippen LogP contribution >= 0.6 is 0 Å². The predicted octanol–water partition coefficient (Wildman–Crippen LogP) is 4.47. The van der Waals surface area contributed by atoms with Crippen molar-refractivity contribution in [3.05, 3.63) is 114 Å². The van der Waals surface area contributed by atoms with E-state index in [0.29, 0.717) is 11.9 Å². The molecule has 2 aromatic carbocycles. The number of benzene rings is 2. The molecule has 1 aliphatic carbocycles. The molecule has 0 saturated carbocycles. The Kier molecular flexibility index (Phi) is 6.64. The quantitative estimate of drug-likeness (QED) is 0.584. The number of rotatable bonds is 6. The highest BCUT2D eigenvalue weighted by molar-refractivity contribution is 6.59. The first kappa shape index (κ1) is 19.9. The van der Waals surface area contributed by atoms with Gasteiger partial charge in [0.15, 0.2) is 0 Å². The van der Waals surface area contributed by atoms with E-state index in [1.807, 2.05) is 30.3 Å². The van der Waals surface area contributed by atoms with Crippen molar-refractivity contribution < 1.29 is 10.0 Å². The second kappa shape index (κ2) is 9.36. The normalized spacial score (nSPS) is 14.2. The smallest absolute Gasteiger partial charge is 0.423 e. The molecule has 28 heavy (non-hydrogen) atoms. The summed E-state index contributed by atoms with van der Waals surface area (Å²) in [7, 11) is -1.51. The van der Waals surface area contributed by atoms with E-state index in [1.54, 1.807) is 12.1 Å². The van der Waals surface area contributed by atoms with Gasteiger partial charge in [0.1, 0.15) is 0 Å². The third kappa shape index (κ3) is 4.51. The average Bonchev–Trinajstić information content (AvgIpc) is 2.92. The van der Waals surface area contributed by atoms with Crippen LogP contribution in [0.1, 0.15) is 30.0 Å². The fourth-order valence-corrected chi connectivity index (χ4v) is 3.58. The fraction of sp³-hybridized carbons (Fsp3) is 0.120. The van der Waals surface area contributed by atoms with Crippen molar-refractivity contribution in [2.45, 2.75) is 19.8 Å². The molecule has 0 unspecified atom stereocenters. The number of allylic oxidation sites excluding steroid dienone is 9. The molecule has 0 radical (unpaired) electrons. The van der Waals surface area contributed by atoms with Crippen LogP contribution in [-0.2, 0) is 6.42 Å². The molecular formula is C25H25BO2. The lowest BCUT2D eigenvalue weighted by molar-refractivity contribution is 0.425. The van der Waals surface area contributed by atoms with Crippen LogP contribution in [0.15, 0.2) is 97.1 Å². The highest BCUT2D eigenvalue weighted by Crippen LogP contribution is 2.29. The molecule has 0 aliphatic heterocycles. The predicted molar refractivity (Wildman–Crippen MR) is 120 cm³/mol. The van der Waals surface area contributed by atoms with Crippen LogP contribution in [0, 0.1) is 0 Å². The van der Waals surface area contributed by atoms with Gasteiger partial charge in [0.25, 0.3) is 0 Å². The van der Waals surface area contributed by atoms with Crippen LogP contribution in [0.4, 0.5) is 0 Å². The molecule has 140 valence electrons. The van der Waals surface area contributed by atoms with Gasteiger partial charge in [-0.05, 0) is 58.6 Å². The van der Waals surface area contributed by atoms with E-state index in [-0.39, 0.29) is 0 Å². The molecule has 0 saturated heterocycles. The lowest BCUT2D eigenvalue weighted by Gasteiger charge is -2.16. The zero-order valence-corrected chi connectivity index (χ0v) is 16.2. The summed E-state index contributed by atoms with van der Waals surface area (Å²) in [6.45, 7) is 5.98. The molecule has 2 N–H and O–H groups in total. The van der Waals surface area contributed by atoms with E-state index < -0.39 is 7.12 Å². The Morgan fingerprint density at radius 2 is 1.75 bits per heavy atom. The lowest BCUT2D eigenvalue weighted by atomic mass is 9.74. The van der Waals surface area contributed by atoms with Gasteiger partial charge in [-0.25, -0.2) is 0 Å². The Morgan fingerprint density at radius 1 is 1.04 bits per heavy atom. The summed E-state index contributed by atoms with van der Waals surface area (Å²) in [4.78, 5) is 0. The Labute approximate surface area is 167 Å². The molecule has 0 heterocycles. The van der Waals surface area contributed by atoms with Gasteiger partial charge in [0, 0.05) is 0 Å². The summed E-state index contributed by atoms with van der Waals surface area (Å²) < 4.78 is 0. The Bertz CT molecular complexity index is 978. The molecule has 2 nitrogen and oxygen atoms in total. The third-order valence-electron chi connectivity index (χ3n) is 4.94. The lowest BCUT2D eigenvalue weighted by Crippen LogP contribution is -2.32. The molecule has 1 aliphatic rings. The van der Waals surface area contributed by atoms with Gasteiger partial charge < -0.3 is 10.0 Å². The first-order valence-corrected chi connectivity index (χ1v) is 9.51. The van der Waals surface area contributed by atoms with Crippen molar-refractivity contribution in [2.75, 3.05) is 0 Å². The summed E-state index contributed by atoms with van der Waals surface area (Å²) in [5, 5.41) is 19.6. The average molecular weight is 368 g/mol. The van der Waals surface area contributed by atoms with Crippen LogP contribution in [0.5, 0.6) is 0 Å². The molecule has 2 aromatic rings. The molecule has 0 bridgehead atoms. The zero-order chi connectivity index (χ0) is 19.9. The molecule has 0 atom stereocenters. The molecule has 0 spiro atoms. The highest BCUT2D eigenvalue weighted by Gasteiger charge is 2.18. The van der Waals surface area contributed by atoms with Gasteiger partial charge in [-0.2, -0.15) is 0 Å². The summed E-state index contributed by atoms with van der Waals surface area (Å²) >= 11 is 0. The van der Waals surface area contributed by atoms with Gasteiger partial charge in [0.05, 0.1) is 0 Å². The van der Waals surface area contributed by atoms with E-state index >= 15 is 0 Å². The Morgan fingerprint density at radius 3 is 2.54 bits per heavy atom. The topological polar surface area (TPSA) is 40.5 Å². The van der Waals surface area contributed by atoms with E-state index in [9.17, 15) is 10.0 Å². The monoisotopic (exact) mass is 368 g/mol. The van der Waals surface area contributed by atoms with Crippen LogP contribution in [0.2, 0.25) is 0 Å². The van der Waals surface area contributed by atoms with Gasteiger partial charge >= 0.3 is 7.12 Å². The fourth-order valence-electron chi connectivity index (χ4n) is 3.58. The largest absolute Gasteiger partial charge is 0.489 e. The second-order valence-electron chi connectivity index (χ2n) is 6.86. The second-order valence-corrected chi connectivity index (χ2v) is 6.86. The van der Waals surface area contributed by atoms with Crippen LogP contribution in [0.25, 0.3) is 11.1 Å². The molecule has 3 heteroatoms. The highest BCUT2D eigenvalue weighted by atomic mass is 16.4. The van der Waals surface area contributed by atoms with E-state index in [4.69, 9.17) is 0 Å². The molecular weight excluding hydrogens is 343 g/mol. The van der Waals surface area contributed by atoms with Crippen molar-refractivity contribution in [1.29, 1.82) is 0 Å². The number of hydrogen-bond acceptors (Lipinski definition) is 2. The third-order valence-corrected chi connectivity index (χ3v) is 4.94. The molecule has 0 amide bonds. The minimum absolute atomic E-state index is 0.501. The van der Waals surface area contributed by atoms with Crippen LogP contribution < -0.4 is 5.46 Å². The first-order valence-electron chi connectivity index (χ1n) is 9.51. The maximum Gasteiger partial charge on any atom is 0.489 e. The minimum atomic E-state index is -1.51. The zero-order valence-electron chi connectivity index (χ0n) is 16.2. The van der Waals surface area contributed by atoms with Crippen molar-refractivity contribution in [3.8, 4) is 0 Å². The van der Waals surface area contributed by atoms with Crippen molar-refractivity contribution in [2.24, 2.45) is 0 Å². The molecule has 0 aromatic heterocycles. The summed E-state index contributed by atoms with van der Waals surface area (Å²) in [6.07, 6.45) is 14.0. The SMILES string of the molecule is C=C/C=C(\Cc1ccccc1C1=C(C)C=CCC=C1)c1ccccc1B(O)O. The van der Waals surface area contributed by atoms with E-state index in [2.05, 4.69) is 56.0 Å². The molecule has 0 fully saturated rings. The minimum Gasteiger partial charge on any atom is -0.423 e. The Hall–Kier alpha value is -2.88. The van der Waals surface area contributed by atoms with Crippen LogP contribution in [-0.4, -0.2) is 17.2 Å². The van der Waals surface area contributed by atoms with Crippen molar-refractivity contribution in [1.82, 2.24) is 0 Å². The van der Waals surface area contributed by atoms with Gasteiger partial charge in [0.2, 0.25) is 0 Å². The van der Waals surface area contributed by atoms with E-state index in [1.165, 1.54) is 22.3 Å². The molecule has 3 rings (SSSR count). The Balaban J connectivity index is 2.07. The van der Waals surface area contributed by atoms with Gasteiger partial charge in [-0.15, -0.1) is 0 Å². The maximum absolute atomic E-state index is 9.79. The summed E-state index contributed by atoms with van der Waals surface area (Å²) in [5.41, 5.74) is 7.17. The van der Waals surface area contributed by atoms with Crippen LogP contribution in [0.3, 0.4) is 0 Å². The summed E-state index contributed by atoms with van der Waals surface area (Å²) in [6, 6.07) is 15.8. The van der Waals surface area contributed by atoms with E-state index in [0.717, 1.165) is 17.6 Å². The number of hydrogen-bond donors (Lipinski definition) is 2. The van der Waals surface area contributed by atoms with Gasteiger partial charge in [-0.1, -0.05) is 91.6 Å². The standard InChI is InChI=1S/C25H25BO2/c1-3-11-20(24-16-9-10-17-25(24)26(27)28)18-21-13-7-8-15-23(21)22-14-6-4-5-12-19(22)2/h3,5-17,27-28H,1,4,18H2,2H3/b20-11+. The first-order chi connectivity index (χ1) is 13.6. The maximum atomic E-state index is 9.79. The van der Waals surface area contributed by atoms with Crippen molar-refractivity contribution >= 4 is 23.7 Å². The summed E-state index contributed by atoms with van der Waals surface area (Å²) in [5.74, 6) is 0.